The summed E-state index contributed by atoms with van der Waals surface area (Å²) in [7, 11) is 3.72. The quantitative estimate of drug-likeness (QED) is 0.852. The Morgan fingerprint density at radius 1 is 1.15 bits per heavy atom. The maximum atomic E-state index is 12.7. The maximum Gasteiger partial charge on any atom is 0.417 e. The normalized spacial score (nSPS) is 12.8. The Labute approximate surface area is 149 Å². The molecule has 1 atom stereocenters. The van der Waals surface area contributed by atoms with E-state index < -0.39 is 29.8 Å². The summed E-state index contributed by atoms with van der Waals surface area (Å²) in [5, 5.41) is 2.67. The van der Waals surface area contributed by atoms with Crippen molar-refractivity contribution in [2.24, 2.45) is 0 Å². The summed E-state index contributed by atoms with van der Waals surface area (Å²) in [5.74, 6) is -0.533. The molecule has 2 aromatic rings. The van der Waals surface area contributed by atoms with Crippen LogP contribution in [-0.4, -0.2) is 36.0 Å². The van der Waals surface area contributed by atoms with E-state index in [0.29, 0.717) is 12.3 Å². The van der Waals surface area contributed by atoms with Crippen LogP contribution in [0.2, 0.25) is 0 Å². The third-order valence-electron chi connectivity index (χ3n) is 3.93. The molecule has 1 heterocycles. The predicted molar refractivity (Wildman–Crippen MR) is 91.6 cm³/mol. The minimum Gasteiger partial charge on any atom is -0.353 e. The van der Waals surface area contributed by atoms with Crippen LogP contribution in [0.1, 0.15) is 17.2 Å². The average molecular weight is 367 g/mol. The van der Waals surface area contributed by atoms with Crippen LogP contribution >= 0.6 is 0 Å². The Balaban J connectivity index is 2.06. The second kappa shape index (κ2) is 8.18. The first kappa shape index (κ1) is 19.7. The number of aromatic nitrogens is 1. The van der Waals surface area contributed by atoms with Crippen LogP contribution in [0.15, 0.2) is 53.5 Å². The number of pyridine rings is 1. The molecule has 0 spiro atoms. The van der Waals surface area contributed by atoms with Crippen LogP contribution in [0.25, 0.3) is 0 Å². The van der Waals surface area contributed by atoms with E-state index >= 15 is 0 Å². The molecule has 1 aromatic carbocycles. The summed E-state index contributed by atoms with van der Waals surface area (Å²) in [5.41, 5.74) is -0.644. The summed E-state index contributed by atoms with van der Waals surface area (Å²) < 4.78 is 39.0. The highest BCUT2D eigenvalue weighted by Crippen LogP contribution is 2.28. The van der Waals surface area contributed by atoms with Gasteiger partial charge < -0.3 is 14.8 Å². The monoisotopic (exact) mass is 367 g/mol. The van der Waals surface area contributed by atoms with Gasteiger partial charge in [-0.15, -0.1) is 0 Å². The van der Waals surface area contributed by atoms with Gasteiger partial charge in [-0.3, -0.25) is 9.59 Å². The number of hydrogen-bond acceptors (Lipinski definition) is 3. The van der Waals surface area contributed by atoms with E-state index in [2.05, 4.69) is 5.32 Å². The van der Waals surface area contributed by atoms with Crippen LogP contribution in [0.3, 0.4) is 0 Å². The van der Waals surface area contributed by atoms with E-state index in [1.165, 1.54) is 0 Å². The number of rotatable bonds is 6. The lowest BCUT2D eigenvalue weighted by molar-refractivity contribution is -0.138. The minimum absolute atomic E-state index is 0.0987. The van der Waals surface area contributed by atoms with Gasteiger partial charge in [0, 0.05) is 18.8 Å². The molecule has 1 N–H and O–H groups in total. The van der Waals surface area contributed by atoms with E-state index in [1.54, 1.807) is 0 Å². The van der Waals surface area contributed by atoms with Crippen molar-refractivity contribution in [2.75, 3.05) is 20.6 Å². The van der Waals surface area contributed by atoms with Crippen LogP contribution in [0, 0.1) is 0 Å². The summed E-state index contributed by atoms with van der Waals surface area (Å²) >= 11 is 0. The van der Waals surface area contributed by atoms with E-state index in [0.717, 1.165) is 16.2 Å². The third kappa shape index (κ3) is 5.19. The number of hydrogen-bond donors (Lipinski definition) is 1. The van der Waals surface area contributed by atoms with Gasteiger partial charge in [-0.2, -0.15) is 13.2 Å². The number of benzene rings is 1. The largest absolute Gasteiger partial charge is 0.417 e. The van der Waals surface area contributed by atoms with E-state index in [4.69, 9.17) is 0 Å². The summed E-state index contributed by atoms with van der Waals surface area (Å²) in [4.78, 5) is 25.7. The van der Waals surface area contributed by atoms with Gasteiger partial charge in [-0.25, -0.2) is 0 Å². The summed E-state index contributed by atoms with van der Waals surface area (Å²) in [6.07, 6.45) is -3.92. The number of likely N-dealkylation sites (N-methyl/N-ethyl adjacent to an activating group) is 1. The highest BCUT2D eigenvalue weighted by atomic mass is 19.4. The second-order valence-electron chi connectivity index (χ2n) is 6.08. The van der Waals surface area contributed by atoms with Crippen molar-refractivity contribution in [3.63, 3.8) is 0 Å². The summed E-state index contributed by atoms with van der Waals surface area (Å²) in [6, 6.07) is 10.9. The molecule has 26 heavy (non-hydrogen) atoms. The van der Waals surface area contributed by atoms with Gasteiger partial charge in [-0.1, -0.05) is 30.3 Å². The van der Waals surface area contributed by atoms with Crippen molar-refractivity contribution >= 4 is 5.91 Å². The van der Waals surface area contributed by atoms with Crippen molar-refractivity contribution in [1.29, 1.82) is 0 Å². The lowest BCUT2D eigenvalue weighted by Crippen LogP contribution is -2.37. The van der Waals surface area contributed by atoms with Crippen molar-refractivity contribution in [3.8, 4) is 0 Å². The predicted octanol–water partition coefficient (Wildman–Crippen LogP) is 2.29. The van der Waals surface area contributed by atoms with Crippen molar-refractivity contribution in [3.05, 3.63) is 70.1 Å². The van der Waals surface area contributed by atoms with Crippen molar-refractivity contribution in [2.45, 2.75) is 18.8 Å². The lowest BCUT2D eigenvalue weighted by atomic mass is 10.1. The molecule has 8 heteroatoms. The van der Waals surface area contributed by atoms with Crippen molar-refractivity contribution in [1.82, 2.24) is 14.8 Å². The molecule has 140 valence electrons. The van der Waals surface area contributed by atoms with Gasteiger partial charge in [-0.05, 0) is 25.7 Å². The fraction of sp³-hybridized carbons (Fsp3) is 0.333. The first-order valence-corrected chi connectivity index (χ1v) is 7.94. The van der Waals surface area contributed by atoms with E-state index in [1.807, 2.05) is 49.3 Å². The third-order valence-corrected chi connectivity index (χ3v) is 3.93. The van der Waals surface area contributed by atoms with Gasteiger partial charge in [0.15, 0.2) is 0 Å². The molecule has 0 saturated heterocycles. The Hall–Kier alpha value is -2.61. The minimum atomic E-state index is -4.57. The Bertz CT molecular complexity index is 801. The second-order valence-corrected chi connectivity index (χ2v) is 6.08. The van der Waals surface area contributed by atoms with Gasteiger partial charge in [0.25, 0.3) is 5.56 Å². The first-order chi connectivity index (χ1) is 12.2. The topological polar surface area (TPSA) is 54.3 Å². The van der Waals surface area contributed by atoms with Gasteiger partial charge in [0.05, 0.1) is 11.6 Å². The molecule has 1 aromatic heterocycles. The Kier molecular flexibility index (Phi) is 6.20. The highest BCUT2D eigenvalue weighted by Gasteiger charge is 2.31. The van der Waals surface area contributed by atoms with Crippen LogP contribution in [0.5, 0.6) is 0 Å². The number of nitrogens with zero attached hydrogens (tertiary/aromatic N) is 2. The zero-order chi connectivity index (χ0) is 19.3. The average Bonchev–Trinajstić information content (AvgIpc) is 2.56. The highest BCUT2D eigenvalue weighted by molar-refractivity contribution is 5.75. The molecule has 0 aliphatic heterocycles. The van der Waals surface area contributed by atoms with E-state index in [-0.39, 0.29) is 12.6 Å². The van der Waals surface area contributed by atoms with Crippen LogP contribution in [0.4, 0.5) is 13.2 Å². The van der Waals surface area contributed by atoms with E-state index in [9.17, 15) is 22.8 Å². The maximum absolute atomic E-state index is 12.7. The number of halogens is 3. The molecule has 0 bridgehead atoms. The molecular formula is C18H20F3N3O2. The SMILES string of the molecule is CN(C)C(CNC(=O)Cn1cc(C(F)(F)F)ccc1=O)c1ccccc1. The zero-order valence-electron chi connectivity index (χ0n) is 14.5. The fourth-order valence-corrected chi connectivity index (χ4v) is 2.52. The van der Waals surface area contributed by atoms with Gasteiger partial charge >= 0.3 is 6.18 Å². The Morgan fingerprint density at radius 3 is 2.38 bits per heavy atom. The molecule has 0 fully saturated rings. The lowest BCUT2D eigenvalue weighted by Gasteiger charge is -2.25. The molecule has 0 saturated carbocycles. The van der Waals surface area contributed by atoms with Crippen molar-refractivity contribution < 1.29 is 18.0 Å². The molecule has 2 rings (SSSR count). The molecule has 0 aliphatic rings. The molecule has 5 nitrogen and oxygen atoms in total. The fourth-order valence-electron chi connectivity index (χ4n) is 2.52. The number of carbonyl (C=O) groups excluding carboxylic acids is 1. The molecular weight excluding hydrogens is 347 g/mol. The first-order valence-electron chi connectivity index (χ1n) is 7.94. The molecule has 1 amide bonds. The van der Waals surface area contributed by atoms with Gasteiger partial charge in [0.1, 0.15) is 6.54 Å². The number of nitrogens with one attached hydrogen (secondary N) is 1. The molecule has 0 aliphatic carbocycles. The standard InChI is InChI=1S/C18H20F3N3O2/c1-23(2)15(13-6-4-3-5-7-13)10-22-16(25)12-24-11-14(18(19,20)21)8-9-17(24)26/h3-9,11,15H,10,12H2,1-2H3,(H,22,25). The van der Waals surface area contributed by atoms with Gasteiger partial charge in [0.2, 0.25) is 5.91 Å². The molecule has 1 unspecified atom stereocenters. The number of alkyl halides is 3. The Morgan fingerprint density at radius 2 is 1.81 bits per heavy atom. The smallest absolute Gasteiger partial charge is 0.353 e. The zero-order valence-corrected chi connectivity index (χ0v) is 14.5. The number of carbonyl (C=O) groups is 1. The summed E-state index contributed by atoms with van der Waals surface area (Å²) in [6.45, 7) is -0.207. The van der Waals surface area contributed by atoms with Crippen LogP contribution < -0.4 is 10.9 Å². The number of amides is 1. The van der Waals surface area contributed by atoms with Crippen LogP contribution in [-0.2, 0) is 17.5 Å². The molecule has 0 radical (unpaired) electrons.